The Bertz CT molecular complexity index is 970. The molecule has 0 amide bonds. The summed E-state index contributed by atoms with van der Waals surface area (Å²) in [5.74, 6) is 0.556. The van der Waals surface area contributed by atoms with Gasteiger partial charge < -0.3 is 24.2 Å². The number of hydrogen-bond donors (Lipinski definition) is 3. The van der Waals surface area contributed by atoms with Gasteiger partial charge in [-0.1, -0.05) is 23.2 Å². The second kappa shape index (κ2) is 12.5. The zero-order valence-corrected chi connectivity index (χ0v) is 20.7. The number of nitrogens with one attached hydrogen (secondary N) is 1. The topological polar surface area (TPSA) is 128 Å². The molecule has 3 N–H and O–H groups in total. The maximum Gasteiger partial charge on any atom is 0.208 e. The fourth-order valence-corrected chi connectivity index (χ4v) is 4.72. The highest BCUT2D eigenvalue weighted by Gasteiger charge is 2.21. The van der Waals surface area contributed by atoms with Crippen LogP contribution in [0.5, 0.6) is 11.5 Å². The number of rotatable bonds is 12. The van der Waals surface area contributed by atoms with Crippen LogP contribution in [0.15, 0.2) is 46.2 Å². The molecule has 0 aliphatic rings. The average Bonchev–Trinajstić information content (AvgIpc) is 2.74. The van der Waals surface area contributed by atoms with E-state index in [1.807, 2.05) is 0 Å². The number of hydrogen-bond acceptors (Lipinski definition) is 7. The fourth-order valence-electron chi connectivity index (χ4n) is 2.30. The Balaban J connectivity index is 2.00. The van der Waals surface area contributed by atoms with E-state index < -0.39 is 33.4 Å². The molecule has 0 spiro atoms. The van der Waals surface area contributed by atoms with Crippen LogP contribution < -0.4 is 14.2 Å². The van der Waals surface area contributed by atoms with E-state index in [0.717, 1.165) is 6.26 Å². The number of alkyl halides is 1. The smallest absolute Gasteiger partial charge is 0.208 e. The lowest BCUT2D eigenvalue weighted by Gasteiger charge is -2.16. The normalized spacial score (nSPS) is 14.6. The molecule has 0 bridgehead atoms. The minimum Gasteiger partial charge on any atom is -0.606 e. The van der Waals surface area contributed by atoms with Crippen LogP contribution in [-0.4, -0.2) is 67.3 Å². The zero-order chi connectivity index (χ0) is 23.9. The highest BCUT2D eigenvalue weighted by atomic mass is 35.5. The summed E-state index contributed by atoms with van der Waals surface area (Å²) in [6.45, 7) is -0.394. The van der Waals surface area contributed by atoms with E-state index in [0.29, 0.717) is 15.5 Å². The monoisotopic (exact) mass is 545 g/mol. The van der Waals surface area contributed by atoms with E-state index in [-0.39, 0.29) is 41.4 Å². The Morgan fingerprint density at radius 2 is 1.59 bits per heavy atom. The van der Waals surface area contributed by atoms with Crippen LogP contribution in [-0.2, 0) is 21.2 Å². The lowest BCUT2D eigenvalue weighted by atomic mass is 10.3. The lowest BCUT2D eigenvalue weighted by molar-refractivity contribution is 0.111. The number of sulfonamides is 1. The maximum absolute atomic E-state index is 12.9. The Morgan fingerprint density at radius 1 is 1.03 bits per heavy atom. The van der Waals surface area contributed by atoms with Crippen molar-refractivity contribution in [3.63, 3.8) is 0 Å². The number of halogens is 3. The third-order valence-electron chi connectivity index (χ3n) is 3.85. The highest BCUT2D eigenvalue weighted by Crippen LogP contribution is 2.37. The van der Waals surface area contributed by atoms with Gasteiger partial charge in [0.1, 0.15) is 31.2 Å². The molecule has 2 aromatic carbocycles. The molecule has 0 saturated heterocycles. The first kappa shape index (κ1) is 27.3. The molecule has 8 nitrogen and oxygen atoms in total. The summed E-state index contributed by atoms with van der Waals surface area (Å²) in [6.07, 6.45) is -0.920. The quantitative estimate of drug-likeness (QED) is 0.275. The third-order valence-corrected chi connectivity index (χ3v) is 6.82. The van der Waals surface area contributed by atoms with E-state index in [9.17, 15) is 23.2 Å². The molecule has 0 aliphatic heterocycles. The molecule has 13 heteroatoms. The molecular weight excluding hydrogens is 525 g/mol. The van der Waals surface area contributed by atoms with Gasteiger partial charge in [0.15, 0.2) is 15.5 Å². The van der Waals surface area contributed by atoms with Crippen LogP contribution in [0.1, 0.15) is 0 Å². The summed E-state index contributed by atoms with van der Waals surface area (Å²) in [5, 5.41) is 19.5. The van der Waals surface area contributed by atoms with Crippen molar-refractivity contribution >= 4 is 56.0 Å². The van der Waals surface area contributed by atoms with Gasteiger partial charge >= 0.3 is 0 Å². The van der Waals surface area contributed by atoms with E-state index >= 15 is 0 Å². The van der Waals surface area contributed by atoms with Crippen molar-refractivity contribution in [2.75, 3.05) is 31.9 Å². The standard InChI is InChI=1S/C19H22Cl3NO7S2/c1-32(27,28)23-9-13(25)11-29-14-2-4-15(5-3-14)31(26)16-6-17(21)19(18(22)7-16)30-10-12(24)8-20/h2-7,12-13,23-25H,8-11H2,1H3/t12-,13-,31?/m0/s1. The van der Waals surface area contributed by atoms with Gasteiger partial charge in [0.2, 0.25) is 10.0 Å². The summed E-state index contributed by atoms with van der Waals surface area (Å²) < 4.78 is 47.9. The van der Waals surface area contributed by atoms with Crippen molar-refractivity contribution in [1.29, 1.82) is 0 Å². The number of aliphatic hydroxyl groups is 2. The molecular formula is C19H22Cl3NO7S2. The Labute approximate surface area is 204 Å². The zero-order valence-electron chi connectivity index (χ0n) is 16.8. The largest absolute Gasteiger partial charge is 0.606 e. The first-order valence-electron chi connectivity index (χ1n) is 9.13. The molecule has 0 heterocycles. The molecule has 32 heavy (non-hydrogen) atoms. The molecule has 178 valence electrons. The third kappa shape index (κ3) is 8.77. The molecule has 0 saturated carbocycles. The first-order chi connectivity index (χ1) is 15.0. The molecule has 0 aromatic heterocycles. The van der Waals surface area contributed by atoms with Crippen molar-refractivity contribution in [2.45, 2.75) is 22.0 Å². The Kier molecular flexibility index (Phi) is 10.7. The molecule has 3 atom stereocenters. The summed E-state index contributed by atoms with van der Waals surface area (Å²) in [6, 6.07) is 9.21. The van der Waals surface area contributed by atoms with Gasteiger partial charge in [-0.25, -0.2) is 13.1 Å². The van der Waals surface area contributed by atoms with Crippen LogP contribution in [0.3, 0.4) is 0 Å². The van der Waals surface area contributed by atoms with Crippen molar-refractivity contribution in [3.8, 4) is 11.5 Å². The Morgan fingerprint density at radius 3 is 2.12 bits per heavy atom. The van der Waals surface area contributed by atoms with Gasteiger partial charge in [-0.3, -0.25) is 0 Å². The average molecular weight is 547 g/mol. The predicted octanol–water partition coefficient (Wildman–Crippen LogP) is 2.43. The number of benzene rings is 2. The molecule has 2 rings (SSSR count). The molecule has 0 radical (unpaired) electrons. The number of ether oxygens (including phenoxy) is 2. The SMILES string of the molecule is CS(=O)(=O)NC[C@H](O)COc1ccc([S+]([O-])c2cc(Cl)c(OC[C@@H](O)CCl)c(Cl)c2)cc1. The van der Waals surface area contributed by atoms with Gasteiger partial charge in [-0.15, -0.1) is 11.6 Å². The van der Waals surface area contributed by atoms with E-state index in [1.165, 1.54) is 12.1 Å². The summed E-state index contributed by atoms with van der Waals surface area (Å²) in [7, 11) is -3.40. The van der Waals surface area contributed by atoms with Gasteiger partial charge in [0, 0.05) is 29.9 Å². The van der Waals surface area contributed by atoms with E-state index in [2.05, 4.69) is 4.72 Å². The summed E-state index contributed by atoms with van der Waals surface area (Å²) >= 11 is 16.3. The van der Waals surface area contributed by atoms with Crippen LogP contribution in [0.4, 0.5) is 0 Å². The maximum atomic E-state index is 12.9. The van der Waals surface area contributed by atoms with Gasteiger partial charge in [-0.2, -0.15) is 0 Å². The summed E-state index contributed by atoms with van der Waals surface area (Å²) in [5.41, 5.74) is 0. The van der Waals surface area contributed by atoms with E-state index in [4.69, 9.17) is 44.3 Å². The second-order valence-corrected chi connectivity index (χ2v) is 11.1. The number of aliphatic hydroxyl groups excluding tert-OH is 2. The predicted molar refractivity (Wildman–Crippen MR) is 124 cm³/mol. The van der Waals surface area contributed by atoms with Crippen LogP contribution in [0, 0.1) is 0 Å². The first-order valence-corrected chi connectivity index (χ1v) is 13.5. The molecule has 0 fully saturated rings. The molecule has 1 unspecified atom stereocenters. The highest BCUT2D eigenvalue weighted by molar-refractivity contribution is 7.91. The summed E-state index contributed by atoms with van der Waals surface area (Å²) in [4.78, 5) is 0.802. The fraction of sp³-hybridized carbons (Fsp3) is 0.368. The minimum atomic E-state index is -3.40. The van der Waals surface area contributed by atoms with Gasteiger partial charge in [0.25, 0.3) is 0 Å². The van der Waals surface area contributed by atoms with E-state index in [1.54, 1.807) is 24.3 Å². The minimum absolute atomic E-state index is 0.00640. The lowest BCUT2D eigenvalue weighted by Crippen LogP contribution is -2.34. The van der Waals surface area contributed by atoms with Crippen molar-refractivity contribution in [3.05, 3.63) is 46.4 Å². The van der Waals surface area contributed by atoms with Gasteiger partial charge in [-0.05, 0) is 24.3 Å². The Hall–Kier alpha value is -0.950. The second-order valence-electron chi connectivity index (χ2n) is 6.66. The molecule has 0 aliphatic carbocycles. The van der Waals surface area contributed by atoms with Crippen LogP contribution >= 0.6 is 34.8 Å². The van der Waals surface area contributed by atoms with Crippen LogP contribution in [0.25, 0.3) is 0 Å². The van der Waals surface area contributed by atoms with Crippen LogP contribution in [0.2, 0.25) is 10.0 Å². The van der Waals surface area contributed by atoms with Crippen molar-refractivity contribution < 1.29 is 32.7 Å². The van der Waals surface area contributed by atoms with Crippen molar-refractivity contribution in [2.24, 2.45) is 0 Å². The van der Waals surface area contributed by atoms with Crippen molar-refractivity contribution in [1.82, 2.24) is 4.72 Å². The van der Waals surface area contributed by atoms with Gasteiger partial charge in [0.05, 0.1) is 22.2 Å². The molecule has 2 aromatic rings.